The molecule has 4 N–H and O–H groups in total. The van der Waals surface area contributed by atoms with E-state index in [4.69, 9.17) is 10.2 Å². The van der Waals surface area contributed by atoms with Crippen molar-refractivity contribution in [3.63, 3.8) is 0 Å². The van der Waals surface area contributed by atoms with Gasteiger partial charge in [0.15, 0.2) is 6.17 Å². The number of hydrogen-bond acceptors (Lipinski definition) is 4. The molecule has 0 aromatic heterocycles. The Balaban J connectivity index is 3.43. The number of carbonyl (C=O) groups excluding carboxylic acids is 1. The maximum atomic E-state index is 11.7. The number of nitrogens with one attached hydrogen (secondary N) is 2. The second-order valence-corrected chi connectivity index (χ2v) is 6.73. The predicted octanol–water partition coefficient (Wildman–Crippen LogP) is 1.84. The van der Waals surface area contributed by atoms with Crippen LogP contribution in [0.1, 0.15) is 90.9 Å². The molecule has 0 aliphatic heterocycles. The monoisotopic (exact) mass is 346 g/mol. The fourth-order valence-corrected chi connectivity index (χ4v) is 2.70. The van der Waals surface area contributed by atoms with E-state index in [1.807, 2.05) is 0 Å². The van der Waals surface area contributed by atoms with Crippen LogP contribution in [-0.2, 0) is 4.79 Å². The first-order valence-electron chi connectivity index (χ1n) is 9.65. The van der Waals surface area contributed by atoms with Crippen LogP contribution >= 0.6 is 0 Å². The van der Waals surface area contributed by atoms with Gasteiger partial charge < -0.3 is 25.8 Å². The van der Waals surface area contributed by atoms with Crippen molar-refractivity contribution in [3.05, 3.63) is 5.21 Å². The van der Waals surface area contributed by atoms with Crippen LogP contribution in [0.5, 0.6) is 0 Å². The van der Waals surface area contributed by atoms with E-state index in [9.17, 15) is 10.0 Å². The second-order valence-electron chi connectivity index (χ2n) is 6.73. The van der Waals surface area contributed by atoms with Crippen LogP contribution in [0.25, 0.3) is 0 Å². The largest absolute Gasteiger partial charge is 0.633 e. The maximum Gasteiger partial charge on any atom is 0.224 e. The highest BCUT2D eigenvalue weighted by Crippen LogP contribution is 2.11. The molecule has 0 saturated heterocycles. The molecule has 144 valence electrons. The van der Waals surface area contributed by atoms with E-state index < -0.39 is 12.5 Å². The molecule has 2 unspecified atom stereocenters. The molecule has 0 radical (unpaired) electrons. The highest BCUT2D eigenvalue weighted by molar-refractivity contribution is 5.75. The number of unbranched alkanes of at least 4 members (excludes halogenated alkanes) is 10. The van der Waals surface area contributed by atoms with Gasteiger partial charge >= 0.3 is 0 Å². The average molecular weight is 347 g/mol. The van der Waals surface area contributed by atoms with Crippen LogP contribution in [-0.4, -0.2) is 35.1 Å². The lowest BCUT2D eigenvalue weighted by Crippen LogP contribution is -3.14. The highest BCUT2D eigenvalue weighted by Gasteiger charge is 2.14. The Kier molecular flexibility index (Phi) is 15.4. The van der Waals surface area contributed by atoms with E-state index in [1.165, 1.54) is 51.4 Å². The number of aliphatic hydroxyl groups excluding tert-OH is 1. The smallest absolute Gasteiger partial charge is 0.224 e. The first kappa shape index (κ1) is 23.3. The summed E-state index contributed by atoms with van der Waals surface area (Å²) in [7, 11) is 0. The second kappa shape index (κ2) is 15.8. The Morgan fingerprint density at radius 1 is 0.958 bits per heavy atom. The lowest BCUT2D eigenvalue weighted by Gasteiger charge is -2.29. The van der Waals surface area contributed by atoms with Crippen molar-refractivity contribution < 1.29 is 20.1 Å². The molecule has 6 nitrogen and oxygen atoms in total. The van der Waals surface area contributed by atoms with E-state index in [0.29, 0.717) is 6.42 Å². The van der Waals surface area contributed by atoms with Crippen LogP contribution in [0.4, 0.5) is 0 Å². The minimum absolute atomic E-state index is 0.140. The zero-order valence-corrected chi connectivity index (χ0v) is 15.6. The number of carbonyl (C=O) groups is 1. The molecule has 24 heavy (non-hydrogen) atoms. The zero-order chi connectivity index (χ0) is 18.2. The first-order chi connectivity index (χ1) is 11.5. The Hall–Kier alpha value is -0.690. The number of aliphatic hydroxyl groups is 2. The number of hydroxylamine groups is 2. The minimum Gasteiger partial charge on any atom is -0.633 e. The van der Waals surface area contributed by atoms with Crippen molar-refractivity contribution >= 4 is 5.91 Å². The summed E-state index contributed by atoms with van der Waals surface area (Å²) in [6.07, 6.45) is 11.7. The summed E-state index contributed by atoms with van der Waals surface area (Å²) in [6.45, 7) is 3.46. The number of amides is 1. The van der Waals surface area contributed by atoms with Gasteiger partial charge in [0.1, 0.15) is 6.54 Å². The summed E-state index contributed by atoms with van der Waals surface area (Å²) >= 11 is 0. The van der Waals surface area contributed by atoms with Crippen LogP contribution in [0.2, 0.25) is 0 Å². The van der Waals surface area contributed by atoms with Crippen molar-refractivity contribution in [1.82, 2.24) is 5.32 Å². The Morgan fingerprint density at radius 3 is 1.88 bits per heavy atom. The molecule has 0 saturated carbocycles. The number of rotatable bonds is 16. The van der Waals surface area contributed by atoms with Gasteiger partial charge in [-0.1, -0.05) is 71.1 Å². The lowest BCUT2D eigenvalue weighted by atomic mass is 10.1. The molecule has 0 spiro atoms. The fraction of sp³-hybridized carbons (Fsp3) is 0.944. The highest BCUT2D eigenvalue weighted by atomic mass is 16.5. The molecule has 0 aromatic carbocycles. The fourth-order valence-electron chi connectivity index (χ4n) is 2.70. The van der Waals surface area contributed by atoms with Crippen molar-refractivity contribution in [3.8, 4) is 0 Å². The third-order valence-corrected chi connectivity index (χ3v) is 4.25. The summed E-state index contributed by atoms with van der Waals surface area (Å²) < 4.78 is 0. The van der Waals surface area contributed by atoms with Gasteiger partial charge in [0.05, 0.1) is 0 Å². The molecular weight excluding hydrogens is 308 g/mol. The normalized spacial score (nSPS) is 13.9. The first-order valence-corrected chi connectivity index (χ1v) is 9.65. The van der Waals surface area contributed by atoms with E-state index >= 15 is 0 Å². The molecule has 0 heterocycles. The molecule has 2 atom stereocenters. The summed E-state index contributed by atoms with van der Waals surface area (Å²) in [5.74, 6) is -0.140. The predicted molar refractivity (Wildman–Crippen MR) is 96.1 cm³/mol. The maximum absolute atomic E-state index is 11.7. The van der Waals surface area contributed by atoms with Crippen molar-refractivity contribution in [2.45, 2.75) is 103 Å². The lowest BCUT2D eigenvalue weighted by molar-refractivity contribution is -0.882. The van der Waals surface area contributed by atoms with E-state index in [2.05, 4.69) is 12.2 Å². The average Bonchev–Trinajstić information content (AvgIpc) is 2.51. The standard InChI is InChI=1S/C18H38N2O4/c1-3-4-5-6-7-8-9-10-11-12-13-14-17(21)19-16(2)20(24)15-18(22)23/h16,18,20,22-23H,3-15H2,1-2H3,(H,19,21). The van der Waals surface area contributed by atoms with Gasteiger partial charge in [-0.3, -0.25) is 4.79 Å². The summed E-state index contributed by atoms with van der Waals surface area (Å²) in [4.78, 5) is 11.7. The zero-order valence-electron chi connectivity index (χ0n) is 15.6. The SMILES string of the molecule is CCCCCCCCCCCCCC(=O)NC(C)[NH+]([O-])CC(O)O. The van der Waals surface area contributed by atoms with Crippen molar-refractivity contribution in [2.24, 2.45) is 0 Å². The van der Waals surface area contributed by atoms with Gasteiger partial charge in [-0.2, -0.15) is 0 Å². The molecule has 1 amide bonds. The minimum atomic E-state index is -1.65. The summed E-state index contributed by atoms with van der Waals surface area (Å²) in [5.41, 5.74) is 0. The van der Waals surface area contributed by atoms with E-state index in [1.54, 1.807) is 6.92 Å². The quantitative estimate of drug-likeness (QED) is 0.195. The molecule has 0 bridgehead atoms. The van der Waals surface area contributed by atoms with Crippen LogP contribution in [0.15, 0.2) is 0 Å². The Labute approximate surface area is 147 Å². The molecular formula is C18H38N2O4. The molecule has 0 fully saturated rings. The van der Waals surface area contributed by atoms with Crippen LogP contribution < -0.4 is 10.4 Å². The Bertz CT molecular complexity index is 301. The molecule has 0 rings (SSSR count). The number of quaternary nitrogens is 1. The summed E-state index contributed by atoms with van der Waals surface area (Å²) in [5, 5.41) is 31.2. The van der Waals surface area contributed by atoms with Gasteiger partial charge in [0, 0.05) is 13.3 Å². The molecule has 0 aliphatic carbocycles. The Morgan fingerprint density at radius 2 is 1.42 bits per heavy atom. The van der Waals surface area contributed by atoms with Crippen molar-refractivity contribution in [1.29, 1.82) is 0 Å². The van der Waals surface area contributed by atoms with Gasteiger partial charge in [-0.05, 0) is 6.42 Å². The van der Waals surface area contributed by atoms with Crippen molar-refractivity contribution in [2.75, 3.05) is 6.54 Å². The molecule has 0 aromatic rings. The van der Waals surface area contributed by atoms with Crippen LogP contribution in [0.3, 0.4) is 0 Å². The van der Waals surface area contributed by atoms with Gasteiger partial charge in [-0.15, -0.1) is 0 Å². The molecule has 0 aliphatic rings. The van der Waals surface area contributed by atoms with Gasteiger partial charge in [-0.25, -0.2) is 0 Å². The molecule has 6 heteroatoms. The van der Waals surface area contributed by atoms with E-state index in [0.717, 1.165) is 19.3 Å². The van der Waals surface area contributed by atoms with Gasteiger partial charge in [0.2, 0.25) is 12.2 Å². The van der Waals surface area contributed by atoms with Gasteiger partial charge in [0.25, 0.3) is 0 Å². The summed E-state index contributed by atoms with van der Waals surface area (Å²) in [6, 6.07) is 0. The third-order valence-electron chi connectivity index (χ3n) is 4.25. The number of hydrogen-bond donors (Lipinski definition) is 4. The topological polar surface area (TPSA) is 97.1 Å². The van der Waals surface area contributed by atoms with E-state index in [-0.39, 0.29) is 17.5 Å². The van der Waals surface area contributed by atoms with Crippen LogP contribution in [0, 0.1) is 5.21 Å². The third kappa shape index (κ3) is 14.9.